The first kappa shape index (κ1) is 12.6. The summed E-state index contributed by atoms with van der Waals surface area (Å²) < 4.78 is 0. The van der Waals surface area contributed by atoms with E-state index >= 15 is 0 Å². The minimum absolute atomic E-state index is 0.305. The topological polar surface area (TPSA) is 66.4 Å². The number of aliphatic carboxylic acids is 1. The fourth-order valence-electron chi connectivity index (χ4n) is 2.09. The molecule has 1 amide bonds. The van der Waals surface area contributed by atoms with Crippen LogP contribution in [0.25, 0.3) is 0 Å². The molecular weight excluding hydrogens is 230 g/mol. The molecule has 0 spiro atoms. The van der Waals surface area contributed by atoms with Crippen LogP contribution in [-0.2, 0) is 4.79 Å². The lowest BCUT2D eigenvalue weighted by Crippen LogP contribution is -2.59. The molecule has 1 aliphatic rings. The van der Waals surface area contributed by atoms with Gasteiger partial charge in [0, 0.05) is 5.56 Å². The van der Waals surface area contributed by atoms with Gasteiger partial charge in [-0.3, -0.25) is 4.79 Å². The Hall–Kier alpha value is -1.84. The van der Waals surface area contributed by atoms with E-state index in [9.17, 15) is 9.59 Å². The molecule has 0 saturated heterocycles. The van der Waals surface area contributed by atoms with Crippen molar-refractivity contribution in [2.45, 2.75) is 38.6 Å². The average Bonchev–Trinajstić information content (AvgIpc) is 2.26. The Labute approximate surface area is 106 Å². The number of amides is 1. The van der Waals surface area contributed by atoms with Gasteiger partial charge < -0.3 is 10.4 Å². The number of benzene rings is 1. The van der Waals surface area contributed by atoms with Crippen LogP contribution < -0.4 is 5.32 Å². The molecule has 2 N–H and O–H groups in total. The molecule has 1 aromatic rings. The second-order valence-electron chi connectivity index (χ2n) is 4.99. The van der Waals surface area contributed by atoms with E-state index in [4.69, 9.17) is 5.11 Å². The van der Waals surface area contributed by atoms with Gasteiger partial charge in [0.2, 0.25) is 0 Å². The van der Waals surface area contributed by atoms with Crippen molar-refractivity contribution in [1.29, 1.82) is 0 Å². The summed E-state index contributed by atoms with van der Waals surface area (Å²) >= 11 is 0. The van der Waals surface area contributed by atoms with E-state index in [2.05, 4.69) is 5.32 Å². The van der Waals surface area contributed by atoms with Gasteiger partial charge in [0.25, 0.3) is 5.91 Å². The maximum Gasteiger partial charge on any atom is 0.329 e. The molecule has 4 nitrogen and oxygen atoms in total. The van der Waals surface area contributed by atoms with E-state index in [1.165, 1.54) is 0 Å². The Morgan fingerprint density at radius 3 is 2.33 bits per heavy atom. The average molecular weight is 247 g/mol. The van der Waals surface area contributed by atoms with E-state index in [1.807, 2.05) is 19.9 Å². The van der Waals surface area contributed by atoms with Crippen LogP contribution in [0.15, 0.2) is 18.2 Å². The summed E-state index contributed by atoms with van der Waals surface area (Å²) in [5.74, 6) is -1.24. The highest BCUT2D eigenvalue weighted by molar-refractivity contribution is 5.98. The Balaban J connectivity index is 2.17. The number of carboxylic acids is 1. The van der Waals surface area contributed by atoms with Gasteiger partial charge in [-0.25, -0.2) is 4.79 Å². The van der Waals surface area contributed by atoms with E-state index in [0.29, 0.717) is 18.4 Å². The second kappa shape index (κ2) is 4.44. The van der Waals surface area contributed by atoms with Gasteiger partial charge in [0.15, 0.2) is 0 Å². The van der Waals surface area contributed by atoms with Gasteiger partial charge in [-0.15, -0.1) is 0 Å². The lowest BCUT2D eigenvalue weighted by molar-refractivity contribution is -0.148. The SMILES string of the molecule is Cc1ccc(C(=O)NC2(C(=O)O)CCC2)cc1C. The molecule has 96 valence electrons. The Morgan fingerprint density at radius 2 is 1.89 bits per heavy atom. The molecule has 0 heterocycles. The number of hydrogen-bond donors (Lipinski definition) is 2. The number of carboxylic acid groups (broad SMARTS) is 1. The maximum absolute atomic E-state index is 12.0. The largest absolute Gasteiger partial charge is 0.480 e. The molecule has 0 bridgehead atoms. The molecule has 1 fully saturated rings. The number of rotatable bonds is 3. The molecule has 2 rings (SSSR count). The molecule has 0 atom stereocenters. The van der Waals surface area contributed by atoms with Crippen LogP contribution in [0, 0.1) is 13.8 Å². The monoisotopic (exact) mass is 247 g/mol. The minimum Gasteiger partial charge on any atom is -0.480 e. The molecule has 18 heavy (non-hydrogen) atoms. The van der Waals surface area contributed by atoms with Crippen LogP contribution in [-0.4, -0.2) is 22.5 Å². The zero-order valence-corrected chi connectivity index (χ0v) is 10.6. The summed E-state index contributed by atoms with van der Waals surface area (Å²) in [6.45, 7) is 3.91. The van der Waals surface area contributed by atoms with Crippen molar-refractivity contribution < 1.29 is 14.7 Å². The van der Waals surface area contributed by atoms with E-state index < -0.39 is 11.5 Å². The Kier molecular flexibility index (Phi) is 3.11. The highest BCUT2D eigenvalue weighted by Gasteiger charge is 2.45. The Bertz CT molecular complexity index is 504. The summed E-state index contributed by atoms with van der Waals surface area (Å²) in [6, 6.07) is 5.39. The smallest absolute Gasteiger partial charge is 0.329 e. The predicted molar refractivity (Wildman–Crippen MR) is 67.6 cm³/mol. The molecule has 1 aliphatic carbocycles. The van der Waals surface area contributed by atoms with Crippen LogP contribution in [0.3, 0.4) is 0 Å². The van der Waals surface area contributed by atoms with E-state index in [1.54, 1.807) is 12.1 Å². The predicted octanol–water partition coefficient (Wildman–Crippen LogP) is 2.04. The van der Waals surface area contributed by atoms with Gasteiger partial charge in [0.05, 0.1) is 0 Å². The van der Waals surface area contributed by atoms with Crippen molar-refractivity contribution in [3.05, 3.63) is 34.9 Å². The van der Waals surface area contributed by atoms with Gasteiger partial charge in [-0.05, 0) is 56.4 Å². The van der Waals surface area contributed by atoms with E-state index in [0.717, 1.165) is 17.5 Å². The summed E-state index contributed by atoms with van der Waals surface area (Å²) in [4.78, 5) is 23.2. The molecular formula is C14H17NO3. The number of hydrogen-bond acceptors (Lipinski definition) is 2. The third kappa shape index (κ3) is 2.10. The third-order valence-electron chi connectivity index (χ3n) is 3.74. The number of aryl methyl sites for hydroxylation is 2. The lowest BCUT2D eigenvalue weighted by atomic mass is 9.76. The Morgan fingerprint density at radius 1 is 1.22 bits per heavy atom. The van der Waals surface area contributed by atoms with Crippen molar-refractivity contribution in [3.8, 4) is 0 Å². The number of carbonyl (C=O) groups is 2. The molecule has 4 heteroatoms. The van der Waals surface area contributed by atoms with Crippen LogP contribution >= 0.6 is 0 Å². The zero-order chi connectivity index (χ0) is 13.3. The van der Waals surface area contributed by atoms with Gasteiger partial charge in [-0.1, -0.05) is 6.07 Å². The fraction of sp³-hybridized carbons (Fsp3) is 0.429. The fourth-order valence-corrected chi connectivity index (χ4v) is 2.09. The third-order valence-corrected chi connectivity index (χ3v) is 3.74. The maximum atomic E-state index is 12.0. The van der Waals surface area contributed by atoms with Crippen molar-refractivity contribution in [3.63, 3.8) is 0 Å². The highest BCUT2D eigenvalue weighted by Crippen LogP contribution is 2.32. The minimum atomic E-state index is -1.05. The second-order valence-corrected chi connectivity index (χ2v) is 4.99. The molecule has 1 aromatic carbocycles. The molecule has 1 saturated carbocycles. The normalized spacial score (nSPS) is 16.8. The first-order valence-corrected chi connectivity index (χ1v) is 6.08. The number of carbonyl (C=O) groups excluding carboxylic acids is 1. The van der Waals surface area contributed by atoms with Crippen molar-refractivity contribution in [2.75, 3.05) is 0 Å². The zero-order valence-electron chi connectivity index (χ0n) is 10.6. The lowest BCUT2D eigenvalue weighted by Gasteiger charge is -2.38. The first-order chi connectivity index (χ1) is 8.44. The standard InChI is InChI=1S/C14H17NO3/c1-9-4-5-11(8-10(9)2)12(16)15-14(13(17)18)6-3-7-14/h4-5,8H,3,6-7H2,1-2H3,(H,15,16)(H,17,18). The van der Waals surface area contributed by atoms with Gasteiger partial charge in [0.1, 0.15) is 5.54 Å². The van der Waals surface area contributed by atoms with Crippen molar-refractivity contribution in [1.82, 2.24) is 5.32 Å². The van der Waals surface area contributed by atoms with Crippen LogP contribution in [0.5, 0.6) is 0 Å². The molecule has 0 unspecified atom stereocenters. The summed E-state index contributed by atoms with van der Waals surface area (Å²) in [5.41, 5.74) is 1.62. The molecule has 0 radical (unpaired) electrons. The molecule has 0 aromatic heterocycles. The molecule has 0 aliphatic heterocycles. The summed E-state index contributed by atoms with van der Waals surface area (Å²) in [5, 5.41) is 11.8. The van der Waals surface area contributed by atoms with Crippen molar-refractivity contribution in [2.24, 2.45) is 0 Å². The van der Waals surface area contributed by atoms with Crippen LogP contribution in [0.1, 0.15) is 40.7 Å². The van der Waals surface area contributed by atoms with Gasteiger partial charge in [-0.2, -0.15) is 0 Å². The summed E-state index contributed by atoms with van der Waals surface area (Å²) in [7, 11) is 0. The van der Waals surface area contributed by atoms with Crippen molar-refractivity contribution >= 4 is 11.9 Å². The van der Waals surface area contributed by atoms with Crippen LogP contribution in [0.2, 0.25) is 0 Å². The van der Waals surface area contributed by atoms with Gasteiger partial charge >= 0.3 is 5.97 Å². The summed E-state index contributed by atoms with van der Waals surface area (Å²) in [6.07, 6.45) is 1.87. The van der Waals surface area contributed by atoms with E-state index in [-0.39, 0.29) is 5.91 Å². The quantitative estimate of drug-likeness (QED) is 0.859. The number of nitrogens with one attached hydrogen (secondary N) is 1. The highest BCUT2D eigenvalue weighted by atomic mass is 16.4. The first-order valence-electron chi connectivity index (χ1n) is 6.08. The van der Waals surface area contributed by atoms with Crippen LogP contribution in [0.4, 0.5) is 0 Å².